The summed E-state index contributed by atoms with van der Waals surface area (Å²) in [5, 5.41) is 96.0. The van der Waals surface area contributed by atoms with E-state index in [4.69, 9.17) is 37.5 Å². The van der Waals surface area contributed by atoms with Crippen molar-refractivity contribution in [2.24, 2.45) is 22.2 Å². The fourth-order valence-electron chi connectivity index (χ4n) is 18.1. The zero-order valence-corrected chi connectivity index (χ0v) is 85.6. The third-order valence-corrected chi connectivity index (χ3v) is 25.9. The van der Waals surface area contributed by atoms with E-state index in [1.54, 1.807) is 42.8 Å². The van der Waals surface area contributed by atoms with Crippen LogP contribution in [0.25, 0.3) is 10.9 Å². The summed E-state index contributed by atoms with van der Waals surface area (Å²) in [5.41, 5.74) is 18.6. The van der Waals surface area contributed by atoms with Crippen molar-refractivity contribution >= 4 is 141 Å². The van der Waals surface area contributed by atoms with E-state index in [0.29, 0.717) is 41.5 Å². The Morgan fingerprint density at radius 3 is 1.79 bits per heavy atom. The summed E-state index contributed by atoms with van der Waals surface area (Å²) in [6, 6.07) is -9.60. The molecule has 0 radical (unpaired) electrons. The number of guanidine groups is 2. The number of allylic oxidation sites excluding steroid dienone is 1. The van der Waals surface area contributed by atoms with Gasteiger partial charge in [0.25, 0.3) is 0 Å². The van der Waals surface area contributed by atoms with Gasteiger partial charge >= 0.3 is 17.9 Å². The number of aliphatic imine (C=N–C) groups is 1. The van der Waals surface area contributed by atoms with Gasteiger partial charge in [-0.25, -0.2) is 5.10 Å². The average Bonchev–Trinajstić information content (AvgIpc) is 1.63. The summed E-state index contributed by atoms with van der Waals surface area (Å²) in [6.45, 7) is -0.739. The van der Waals surface area contributed by atoms with Crippen molar-refractivity contribution in [3.05, 3.63) is 53.6 Å². The van der Waals surface area contributed by atoms with Gasteiger partial charge in [-0.15, -0.1) is 5.10 Å². The molecule has 2 aromatic heterocycles. The molecule has 0 saturated carbocycles. The molecule has 0 spiro atoms. The Bertz CT molecular complexity index is 5000. The zero-order chi connectivity index (χ0) is 109. The number of carbonyl (C=O) groups excluding carboxylic acids is 16. The highest BCUT2D eigenvalue weighted by molar-refractivity contribution is 6.01. The summed E-state index contributed by atoms with van der Waals surface area (Å²) in [4.78, 5) is 274. The number of aromatic nitrogens is 5. The first kappa shape index (κ1) is 123. The van der Waals surface area contributed by atoms with Crippen LogP contribution in [0.4, 0.5) is 0 Å². The van der Waals surface area contributed by atoms with Gasteiger partial charge in [0, 0.05) is 120 Å². The van der Waals surface area contributed by atoms with Crippen molar-refractivity contribution in [1.29, 1.82) is 10.8 Å². The topological polar surface area (TPSA) is 790 Å². The van der Waals surface area contributed by atoms with Crippen LogP contribution in [0.15, 0.2) is 47.2 Å². The number of para-hydroxylation sites is 1. The molecule has 7 rings (SSSR count). The number of ketones is 1. The zero-order valence-electron chi connectivity index (χ0n) is 85.6. The number of primary amides is 1. The van der Waals surface area contributed by atoms with Crippen molar-refractivity contribution < 1.29 is 116 Å². The molecule has 15 amide bonds. The van der Waals surface area contributed by atoms with Crippen LogP contribution in [0.3, 0.4) is 0 Å². The first-order chi connectivity index (χ1) is 72.0. The van der Waals surface area contributed by atoms with Crippen molar-refractivity contribution in [3.8, 4) is 0 Å². The molecule has 4 aliphatic heterocycles. The second-order valence-corrected chi connectivity index (χ2v) is 38.0. The molecular weight excluding hydrogens is 1950 g/mol. The minimum atomic E-state index is -2.05. The number of unbranched alkanes of at least 4 members (excludes halogenated alkanes) is 14. The Hall–Kier alpha value is -14.2. The highest BCUT2D eigenvalue weighted by Gasteiger charge is 2.46. The van der Waals surface area contributed by atoms with E-state index >= 15 is 14.4 Å². The number of nitrogens with two attached hydrogens (primary N) is 3. The summed E-state index contributed by atoms with van der Waals surface area (Å²) in [5.74, 6) is -17.2. The van der Waals surface area contributed by atoms with Crippen molar-refractivity contribution in [2.45, 2.75) is 324 Å². The number of benzene rings is 1. The van der Waals surface area contributed by atoms with Gasteiger partial charge in [-0.2, -0.15) is 0 Å². The van der Waals surface area contributed by atoms with Gasteiger partial charge < -0.3 is 131 Å². The molecule has 1 aromatic carbocycles. The van der Waals surface area contributed by atoms with E-state index in [1.165, 1.54) is 61.2 Å². The van der Waals surface area contributed by atoms with Crippen LogP contribution in [-0.4, -0.2) is 344 Å². The fourth-order valence-corrected chi connectivity index (χ4v) is 18.1. The molecule has 11 atom stereocenters. The summed E-state index contributed by atoms with van der Waals surface area (Å²) < 4.78 is 11.0. The van der Waals surface area contributed by atoms with Gasteiger partial charge in [-0.05, 0) is 151 Å². The SMILES string of the molecule is CC(=O)N[C@H]1CCC(=O)CCCC[C@@H](C(=O)N2CCC[C@@H]2C(=O)N2CCC[C@@H]2C(=O)N[C@@H](CCCNC(=N)N)C(=O)N[C@@H](CC(=O)O)C(=O)N[C@@H](CCCCN(CC(=O)O)CC(=O)O)C(=O)N[C@@H](CCCCNC(=O)COCCOCCNC(=O)CCCCCCCCCCCCCCCc2nnn[nH]2)C(N)=O)NC(=O)[C@H](Cc2c[nH]c3ccccc23)NC(=O)[C@H](CCCNC(=N)N)NC(=O)CNC(=O)[C@H](CC2=CCC=N2)NC1=O. The van der Waals surface area contributed by atoms with E-state index in [0.717, 1.165) is 56.2 Å². The maximum atomic E-state index is 15.6. The van der Waals surface area contributed by atoms with Gasteiger partial charge in [0.1, 0.15) is 84.7 Å². The van der Waals surface area contributed by atoms with Crippen LogP contribution in [0.2, 0.25) is 0 Å². The predicted molar refractivity (Wildman–Crippen MR) is 545 cm³/mol. The van der Waals surface area contributed by atoms with E-state index in [2.05, 4.69) is 105 Å². The number of hydrogen-bond donors (Lipinski definition) is 24. The van der Waals surface area contributed by atoms with E-state index in [9.17, 15) is 92.0 Å². The monoisotopic (exact) mass is 2110 g/mol. The lowest BCUT2D eigenvalue weighted by Gasteiger charge is -2.34. The number of aliphatic carboxylic acids is 3. The largest absolute Gasteiger partial charge is 0.481 e. The number of Topliss-reactive ketones (excluding diaryl/α,β-unsaturated/α-hetero) is 1. The lowest BCUT2D eigenvalue weighted by Crippen LogP contribution is -2.60. The first-order valence-electron chi connectivity index (χ1n) is 52.1. The molecule has 27 N–H and O–H groups in total. The Labute approximate surface area is 870 Å². The van der Waals surface area contributed by atoms with Gasteiger partial charge in [-0.3, -0.25) is 112 Å². The molecule has 4 aliphatic rings. The lowest BCUT2D eigenvalue weighted by molar-refractivity contribution is -0.148. The second kappa shape index (κ2) is 68.4. The molecule has 52 nitrogen and oxygen atoms in total. The maximum absolute atomic E-state index is 15.6. The maximum Gasteiger partial charge on any atom is 0.317 e. The first-order valence-corrected chi connectivity index (χ1v) is 52.1. The van der Waals surface area contributed by atoms with Gasteiger partial charge in [-0.1, -0.05) is 101 Å². The van der Waals surface area contributed by atoms with Gasteiger partial charge in [0.05, 0.1) is 45.9 Å². The minimum absolute atomic E-state index is 0.0122. The van der Waals surface area contributed by atoms with Gasteiger partial charge in [0.15, 0.2) is 11.9 Å². The van der Waals surface area contributed by atoms with Crippen LogP contribution in [-0.2, 0) is 113 Å². The van der Waals surface area contributed by atoms with Crippen molar-refractivity contribution in [1.82, 2.24) is 115 Å². The molecule has 0 bridgehead atoms. The number of likely N-dealkylation sites (tertiary alicyclic amines) is 2. The molecule has 0 aliphatic carbocycles. The molecular formula is C98H154N28O24. The van der Waals surface area contributed by atoms with Crippen LogP contribution < -0.4 is 91.6 Å². The Morgan fingerprint density at radius 1 is 0.547 bits per heavy atom. The van der Waals surface area contributed by atoms with E-state index in [1.807, 2.05) is 0 Å². The normalized spacial score (nSPS) is 18.9. The summed E-state index contributed by atoms with van der Waals surface area (Å²) >= 11 is 0. The molecule has 150 heavy (non-hydrogen) atoms. The molecule has 0 unspecified atom stereocenters. The molecule has 3 aromatic rings. The number of carboxylic acid groups (broad SMARTS) is 3. The number of aryl methyl sites for hydroxylation is 1. The number of H-pyrrole nitrogens is 2. The number of nitrogens with zero attached hydrogens (tertiary/aromatic N) is 7. The van der Waals surface area contributed by atoms with Crippen molar-refractivity contribution in [2.75, 3.05) is 91.9 Å². The number of nitrogens with one attached hydrogen (secondary N) is 18. The number of rotatable bonds is 64. The fraction of sp³-hybridized carbons (Fsp3) is 0.663. The van der Waals surface area contributed by atoms with E-state index in [-0.39, 0.29) is 219 Å². The summed E-state index contributed by atoms with van der Waals surface area (Å²) in [7, 11) is 0. The Kier molecular flexibility index (Phi) is 56.0. The Morgan fingerprint density at radius 2 is 1.13 bits per heavy atom. The Balaban J connectivity index is 0.991. The van der Waals surface area contributed by atoms with Crippen LogP contribution in [0.1, 0.15) is 256 Å². The smallest absolute Gasteiger partial charge is 0.317 e. The summed E-state index contributed by atoms with van der Waals surface area (Å²) in [6.07, 6.45) is 19.4. The number of hydrogen-bond acceptors (Lipinski definition) is 28. The quantitative estimate of drug-likeness (QED) is 0.0176. The molecule has 52 heteroatoms. The lowest BCUT2D eigenvalue weighted by atomic mass is 10.00. The standard InChI is InChI=1S/C98H154N28O24/c1-62(127)111-72-42-41-65(128)29-15-17-34-73(116-92(144)74(54-63-57-109-67-31-18-16-30-66(63)67)117-88(140)69(35-24-45-107-97(100)101)112-81(130)58-110-87(139)75(118-91(72)143)55-64-28-23-44-104-64)95(147)126-50-27-38-78(126)96(148)125-49-26-37-77(125)94(146)115-71(36-25-46-108-98(102)103)90(142)119-76(56-83(132)133)93(145)114-70(33-20-22-48-124(59-84(134)135)60-85(136)137)89(141)113-68(86(99)138)32-19-21-43-105-82(131)61-150-53-52-149-51-47-106-80(129)40-14-12-10-8-6-4-2-3-5-7-9-11-13-39-79-120-122-123-121-79/h16,18,28,30-31,44,57,68-78,109H,2-15,17,19-27,29,32-43,45-56,58-61H2,1H3,(H2,99,138)(H,105,131)(H,106,129)(H,110,139)(H,111,127)(H,112,130)(H,113,141)(H,114,145)(H,115,146)(H,116,144)(H,117,140)(H,118,143)(H,119,142)(H,132,133)(H,134,135)(H,136,137)(H4,100,101,107)(H4,102,103,108)(H,120,121,122,123)/t68-,69-,70-,71-,72-,73-,74-,75-,76-,77+,78+/m0/s1. The highest BCUT2D eigenvalue weighted by atomic mass is 16.5. The number of fused-ring (bicyclic) bond motifs is 1. The number of amides is 15. The molecule has 3 saturated heterocycles. The number of carboxylic acids is 3. The molecule has 6 heterocycles. The van der Waals surface area contributed by atoms with Crippen molar-refractivity contribution in [3.63, 3.8) is 0 Å². The van der Waals surface area contributed by atoms with Crippen LogP contribution in [0.5, 0.6) is 0 Å². The van der Waals surface area contributed by atoms with E-state index < -0.39 is 205 Å². The third-order valence-electron chi connectivity index (χ3n) is 25.9. The predicted octanol–water partition coefficient (Wildman–Crippen LogP) is -1.36. The number of tetrazole rings is 1. The molecule has 3 fully saturated rings. The van der Waals surface area contributed by atoms with Crippen LogP contribution in [0, 0.1) is 10.8 Å². The number of carbonyl (C=O) groups is 19. The highest BCUT2D eigenvalue weighted by Crippen LogP contribution is 2.29. The average molecular weight is 2110 g/mol. The van der Waals surface area contributed by atoms with Gasteiger partial charge in [0.2, 0.25) is 88.6 Å². The third kappa shape index (κ3) is 47.5. The molecule has 830 valence electrons. The second-order valence-electron chi connectivity index (χ2n) is 38.0. The minimum Gasteiger partial charge on any atom is -0.481 e. The number of ether oxygens (including phenoxy) is 2. The van der Waals surface area contributed by atoms with Crippen LogP contribution >= 0.6 is 0 Å². The number of aromatic amines is 2.